The molecule has 8 heteroatoms. The molecule has 0 amide bonds. The Kier molecular flexibility index (Phi) is 9.34. The van der Waals surface area contributed by atoms with Crippen molar-refractivity contribution < 1.29 is 0 Å². The van der Waals surface area contributed by atoms with Crippen LogP contribution in [0.3, 0.4) is 0 Å². The zero-order valence-corrected chi connectivity index (χ0v) is 20.2. The number of para-hydroxylation sites is 1. The maximum Gasteiger partial charge on any atom is 0.193 e. The van der Waals surface area contributed by atoms with Crippen molar-refractivity contribution in [2.45, 2.75) is 19.4 Å². The van der Waals surface area contributed by atoms with Crippen LogP contribution in [-0.2, 0) is 13.0 Å². The fraction of sp³-hybridized carbons (Fsp3) is 0.261. The van der Waals surface area contributed by atoms with E-state index in [1.54, 1.807) is 4.68 Å². The number of halogens is 1. The summed E-state index contributed by atoms with van der Waals surface area (Å²) in [6.07, 6.45) is 1.46. The smallest absolute Gasteiger partial charge is 0.193 e. The lowest BCUT2D eigenvalue weighted by Gasteiger charge is -2.17. The van der Waals surface area contributed by atoms with Gasteiger partial charge in [0, 0.05) is 20.6 Å². The van der Waals surface area contributed by atoms with E-state index in [2.05, 4.69) is 33.6 Å². The van der Waals surface area contributed by atoms with Gasteiger partial charge in [0.2, 0.25) is 0 Å². The van der Waals surface area contributed by atoms with E-state index < -0.39 is 0 Å². The van der Waals surface area contributed by atoms with Gasteiger partial charge < -0.3 is 16.0 Å². The zero-order chi connectivity index (χ0) is 21.3. The number of aromatic nitrogens is 2. The van der Waals surface area contributed by atoms with Crippen molar-refractivity contribution in [3.8, 4) is 11.8 Å². The molecule has 3 rings (SSSR count). The number of nitrogen functional groups attached to an aromatic ring is 1. The van der Waals surface area contributed by atoms with Crippen LogP contribution in [0, 0.1) is 11.3 Å². The molecular weight excluding hydrogens is 501 g/mol. The van der Waals surface area contributed by atoms with Gasteiger partial charge in [0.05, 0.1) is 17.9 Å². The minimum atomic E-state index is 0. The number of nitrogens with two attached hydrogens (primary N) is 1. The Bertz CT molecular complexity index is 1020. The van der Waals surface area contributed by atoms with Gasteiger partial charge in [-0.15, -0.1) is 24.0 Å². The largest absolute Gasteiger partial charge is 0.382 e. The summed E-state index contributed by atoms with van der Waals surface area (Å²) < 4.78 is 1.63. The number of nitrogens with zero attached hydrogens (tertiary/aromatic N) is 5. The monoisotopic (exact) mass is 529 g/mol. The summed E-state index contributed by atoms with van der Waals surface area (Å²) in [6.45, 7) is 1.34. The summed E-state index contributed by atoms with van der Waals surface area (Å²) in [6, 6.07) is 22.0. The molecule has 0 radical (unpaired) electrons. The molecule has 0 aliphatic heterocycles. The van der Waals surface area contributed by atoms with Crippen LogP contribution >= 0.6 is 24.0 Å². The average Bonchev–Trinajstić information content (AvgIpc) is 3.09. The molecular formula is C23H28IN7. The SMILES string of the molecule is CN(C)C(=NCc1ccccc1)NCCCc1nn(-c2ccccc2)c(N)c1C#N.I. The molecule has 7 nitrogen and oxygen atoms in total. The first-order valence-electron chi connectivity index (χ1n) is 9.92. The normalized spacial score (nSPS) is 10.8. The number of nitriles is 1. The Morgan fingerprint density at radius 3 is 2.39 bits per heavy atom. The molecule has 162 valence electrons. The van der Waals surface area contributed by atoms with Crippen LogP contribution in [0.5, 0.6) is 0 Å². The van der Waals surface area contributed by atoms with Crippen LogP contribution < -0.4 is 11.1 Å². The number of hydrogen-bond acceptors (Lipinski definition) is 4. The Hall–Kier alpha value is -3.06. The number of benzene rings is 2. The number of hydrogen-bond donors (Lipinski definition) is 2. The zero-order valence-electron chi connectivity index (χ0n) is 17.8. The number of rotatable bonds is 7. The van der Waals surface area contributed by atoms with Crippen LogP contribution in [0.4, 0.5) is 5.82 Å². The molecule has 0 aliphatic rings. The average molecular weight is 529 g/mol. The third-order valence-electron chi connectivity index (χ3n) is 4.66. The third kappa shape index (κ3) is 6.46. The van der Waals surface area contributed by atoms with Gasteiger partial charge >= 0.3 is 0 Å². The molecule has 0 spiro atoms. The highest BCUT2D eigenvalue weighted by molar-refractivity contribution is 14.0. The maximum absolute atomic E-state index is 9.53. The predicted octanol–water partition coefficient (Wildman–Crippen LogP) is 3.58. The van der Waals surface area contributed by atoms with Crippen molar-refractivity contribution in [1.82, 2.24) is 20.0 Å². The number of aryl methyl sites for hydroxylation is 1. The number of aliphatic imine (C=N–C) groups is 1. The maximum atomic E-state index is 9.53. The molecule has 0 bridgehead atoms. The van der Waals surface area contributed by atoms with Crippen molar-refractivity contribution in [2.24, 2.45) is 4.99 Å². The van der Waals surface area contributed by atoms with Crippen LogP contribution in [0.1, 0.15) is 23.2 Å². The quantitative estimate of drug-likeness (QED) is 0.211. The highest BCUT2D eigenvalue weighted by Crippen LogP contribution is 2.21. The lowest BCUT2D eigenvalue weighted by molar-refractivity contribution is 0.573. The van der Waals surface area contributed by atoms with Crippen LogP contribution in [0.25, 0.3) is 5.69 Å². The fourth-order valence-electron chi connectivity index (χ4n) is 3.10. The summed E-state index contributed by atoms with van der Waals surface area (Å²) in [5.74, 6) is 1.21. The first-order valence-corrected chi connectivity index (χ1v) is 9.92. The van der Waals surface area contributed by atoms with Crippen molar-refractivity contribution >= 4 is 35.8 Å². The Morgan fingerprint density at radius 2 is 1.77 bits per heavy atom. The van der Waals surface area contributed by atoms with Crippen LogP contribution in [0.2, 0.25) is 0 Å². The Balaban J connectivity index is 0.00000341. The van der Waals surface area contributed by atoms with Crippen molar-refractivity contribution in [2.75, 3.05) is 26.4 Å². The van der Waals surface area contributed by atoms with Gasteiger partial charge in [0.25, 0.3) is 0 Å². The van der Waals surface area contributed by atoms with Crippen LogP contribution in [0.15, 0.2) is 65.7 Å². The van der Waals surface area contributed by atoms with E-state index in [-0.39, 0.29) is 24.0 Å². The standard InChI is InChI=1S/C23H27N7.HI/c1-29(2)23(27-17-18-10-5-3-6-11-18)26-15-9-14-21-20(16-24)22(25)30(28-21)19-12-7-4-8-13-19;/h3-8,10-13H,9,14-15,17,25H2,1-2H3,(H,26,27);1H. The number of guanidine groups is 1. The molecule has 0 saturated heterocycles. The first-order chi connectivity index (χ1) is 14.6. The topological polar surface area (TPSA) is 95.3 Å². The molecule has 0 unspecified atom stereocenters. The third-order valence-corrected chi connectivity index (χ3v) is 4.66. The van der Waals surface area contributed by atoms with Gasteiger partial charge in [0.1, 0.15) is 17.5 Å². The van der Waals surface area contributed by atoms with Gasteiger partial charge in [-0.2, -0.15) is 10.4 Å². The summed E-state index contributed by atoms with van der Waals surface area (Å²) in [5, 5.41) is 17.5. The fourth-order valence-corrected chi connectivity index (χ4v) is 3.10. The first kappa shape index (κ1) is 24.2. The van der Waals surface area contributed by atoms with E-state index in [0.29, 0.717) is 30.0 Å². The molecule has 0 aliphatic carbocycles. The highest BCUT2D eigenvalue weighted by atomic mass is 127. The molecule has 31 heavy (non-hydrogen) atoms. The van der Waals surface area contributed by atoms with E-state index in [9.17, 15) is 5.26 Å². The molecule has 1 heterocycles. The van der Waals surface area contributed by atoms with Gasteiger partial charge in [-0.25, -0.2) is 9.67 Å². The van der Waals surface area contributed by atoms with E-state index >= 15 is 0 Å². The van der Waals surface area contributed by atoms with E-state index in [1.807, 2.05) is 67.5 Å². The van der Waals surface area contributed by atoms with Gasteiger partial charge in [-0.05, 0) is 30.5 Å². The predicted molar refractivity (Wildman–Crippen MR) is 136 cm³/mol. The second kappa shape index (κ2) is 12.0. The van der Waals surface area contributed by atoms with Gasteiger partial charge in [-0.1, -0.05) is 48.5 Å². The summed E-state index contributed by atoms with van der Waals surface area (Å²) >= 11 is 0. The van der Waals surface area contributed by atoms with Crippen molar-refractivity contribution in [1.29, 1.82) is 5.26 Å². The van der Waals surface area contributed by atoms with Crippen molar-refractivity contribution in [3.63, 3.8) is 0 Å². The van der Waals surface area contributed by atoms with Gasteiger partial charge in [0.15, 0.2) is 5.96 Å². The Labute approximate surface area is 200 Å². The second-order valence-corrected chi connectivity index (χ2v) is 7.12. The molecule has 0 atom stereocenters. The molecule has 2 aromatic carbocycles. The lowest BCUT2D eigenvalue weighted by atomic mass is 10.1. The Morgan fingerprint density at radius 1 is 1.13 bits per heavy atom. The minimum absolute atomic E-state index is 0. The van der Waals surface area contributed by atoms with E-state index in [4.69, 9.17) is 5.73 Å². The number of anilines is 1. The van der Waals surface area contributed by atoms with Crippen LogP contribution in [-0.4, -0.2) is 41.3 Å². The molecule has 3 N–H and O–H groups in total. The number of nitrogens with one attached hydrogen (secondary N) is 1. The minimum Gasteiger partial charge on any atom is -0.382 e. The molecule has 0 fully saturated rings. The molecule has 1 aromatic heterocycles. The summed E-state index contributed by atoms with van der Waals surface area (Å²) in [7, 11) is 3.93. The highest BCUT2D eigenvalue weighted by Gasteiger charge is 2.16. The second-order valence-electron chi connectivity index (χ2n) is 7.12. The van der Waals surface area contributed by atoms with E-state index in [1.165, 1.54) is 5.56 Å². The van der Waals surface area contributed by atoms with Crippen molar-refractivity contribution in [3.05, 3.63) is 77.5 Å². The van der Waals surface area contributed by atoms with Gasteiger partial charge in [-0.3, -0.25) is 0 Å². The lowest BCUT2D eigenvalue weighted by Crippen LogP contribution is -2.37. The van der Waals surface area contributed by atoms with E-state index in [0.717, 1.165) is 24.6 Å². The summed E-state index contributed by atoms with van der Waals surface area (Å²) in [4.78, 5) is 6.63. The summed E-state index contributed by atoms with van der Waals surface area (Å²) in [5.41, 5.74) is 9.35. The molecule has 0 saturated carbocycles. The molecule has 3 aromatic rings.